The zero-order valence-corrected chi connectivity index (χ0v) is 31.3. The lowest BCUT2D eigenvalue weighted by Crippen LogP contribution is -2.81. The van der Waals surface area contributed by atoms with Gasteiger partial charge >= 0.3 is 0 Å². The number of fused-ring (bicyclic) bond motifs is 1. The monoisotopic (exact) mass is 705 g/mol. The fourth-order valence-corrected chi connectivity index (χ4v) is 10.4. The Balaban J connectivity index is 1.41. The van der Waals surface area contributed by atoms with Gasteiger partial charge in [0, 0.05) is 55.8 Å². The number of carbonyl (C=O) groups excluding carboxylic acids is 2. The Labute approximate surface area is 304 Å². The maximum Gasteiger partial charge on any atom is 0.254 e. The molecular formula is C40H60FN7O3. The minimum absolute atomic E-state index is 0.0385. The van der Waals surface area contributed by atoms with Gasteiger partial charge in [0.1, 0.15) is 5.82 Å². The third kappa shape index (κ3) is 7.50. The van der Waals surface area contributed by atoms with Crippen molar-refractivity contribution in [1.82, 2.24) is 30.2 Å². The van der Waals surface area contributed by atoms with Gasteiger partial charge in [0.25, 0.3) is 5.91 Å². The number of rotatable bonds is 10. The number of carbonyl (C=O) groups is 2. The van der Waals surface area contributed by atoms with Crippen molar-refractivity contribution in [2.75, 3.05) is 46.9 Å². The molecule has 7 atom stereocenters. The lowest BCUT2D eigenvalue weighted by atomic mass is 9.67. The number of nitrogens with one attached hydrogen (secondary N) is 2. The van der Waals surface area contributed by atoms with Gasteiger partial charge in [-0.3, -0.25) is 25.1 Å². The smallest absolute Gasteiger partial charge is 0.254 e. The molecule has 4 unspecified atom stereocenters. The summed E-state index contributed by atoms with van der Waals surface area (Å²) in [6.07, 6.45) is 12.5. The molecule has 5 aliphatic rings. The van der Waals surface area contributed by atoms with Crippen LogP contribution < -0.4 is 10.6 Å². The van der Waals surface area contributed by atoms with E-state index >= 15 is 0 Å². The highest BCUT2D eigenvalue weighted by atomic mass is 19.1. The lowest BCUT2D eigenvalue weighted by Gasteiger charge is -2.63. The van der Waals surface area contributed by atoms with Crippen LogP contribution >= 0.6 is 0 Å². The van der Waals surface area contributed by atoms with Crippen molar-refractivity contribution in [2.24, 2.45) is 11.8 Å². The van der Waals surface area contributed by atoms with Gasteiger partial charge in [-0.05, 0) is 101 Å². The summed E-state index contributed by atoms with van der Waals surface area (Å²) in [6, 6.07) is 6.96. The Kier molecular flexibility index (Phi) is 11.9. The average molecular weight is 706 g/mol. The predicted molar refractivity (Wildman–Crippen MR) is 196 cm³/mol. The molecule has 3 saturated heterocycles. The fraction of sp³-hybridized carbons (Fsp3) is 0.725. The second kappa shape index (κ2) is 16.0. The number of hydrogen-bond acceptors (Lipinski definition) is 8. The molecule has 2 amide bonds. The number of halogens is 1. The first kappa shape index (κ1) is 37.9. The van der Waals surface area contributed by atoms with Gasteiger partial charge in [-0.2, -0.15) is 5.26 Å². The molecule has 0 bridgehead atoms. The van der Waals surface area contributed by atoms with Crippen LogP contribution in [0.5, 0.6) is 0 Å². The summed E-state index contributed by atoms with van der Waals surface area (Å²) in [5.74, 6) is -0.0762. The molecule has 1 aliphatic carbocycles. The molecule has 4 heterocycles. The number of hydrogen-bond donors (Lipinski definition) is 2. The highest BCUT2D eigenvalue weighted by molar-refractivity contribution is 5.97. The van der Waals surface area contributed by atoms with Gasteiger partial charge in [0.15, 0.2) is 6.35 Å². The van der Waals surface area contributed by atoms with Crippen LogP contribution in [0.2, 0.25) is 0 Å². The second-order valence-corrected chi connectivity index (χ2v) is 16.2. The zero-order valence-electron chi connectivity index (χ0n) is 31.3. The molecule has 1 aromatic rings. The fourth-order valence-electron chi connectivity index (χ4n) is 10.4. The van der Waals surface area contributed by atoms with Gasteiger partial charge in [-0.1, -0.05) is 39.2 Å². The number of benzene rings is 1. The minimum Gasteiger partial charge on any atom is -0.348 e. The van der Waals surface area contributed by atoms with E-state index in [9.17, 15) is 19.2 Å². The molecular weight excluding hydrogens is 645 g/mol. The highest BCUT2D eigenvalue weighted by Crippen LogP contribution is 2.47. The number of likely N-dealkylation sites (N-methyl/N-ethyl adjacent to an activating group) is 2. The van der Waals surface area contributed by atoms with Crippen molar-refractivity contribution in [1.29, 1.82) is 5.26 Å². The largest absolute Gasteiger partial charge is 0.348 e. The van der Waals surface area contributed by atoms with Crippen LogP contribution in [-0.4, -0.2) is 114 Å². The Bertz CT molecular complexity index is 1460. The normalized spacial score (nSPS) is 34.2. The molecule has 1 aromatic carbocycles. The van der Waals surface area contributed by atoms with E-state index < -0.39 is 17.6 Å². The summed E-state index contributed by atoms with van der Waals surface area (Å²) >= 11 is 0. The van der Waals surface area contributed by atoms with Crippen LogP contribution in [0.25, 0.3) is 0 Å². The van der Waals surface area contributed by atoms with Crippen LogP contribution in [0.1, 0.15) is 100 Å². The molecule has 2 N–H and O–H groups in total. The molecule has 11 heteroatoms. The summed E-state index contributed by atoms with van der Waals surface area (Å²) in [5.41, 5.74) is 0.295. The Morgan fingerprint density at radius 1 is 1.12 bits per heavy atom. The van der Waals surface area contributed by atoms with E-state index in [1.807, 2.05) is 16.8 Å². The number of piperazine rings is 1. The first-order valence-corrected chi connectivity index (χ1v) is 19.5. The van der Waals surface area contributed by atoms with E-state index in [1.54, 1.807) is 6.07 Å². The summed E-state index contributed by atoms with van der Waals surface area (Å²) in [5, 5.41) is 18.0. The lowest BCUT2D eigenvalue weighted by molar-refractivity contribution is -0.177. The van der Waals surface area contributed by atoms with Gasteiger partial charge in [-0.25, -0.2) is 4.39 Å². The molecule has 4 fully saturated rings. The van der Waals surface area contributed by atoms with Crippen LogP contribution in [0.15, 0.2) is 30.9 Å². The van der Waals surface area contributed by atoms with Gasteiger partial charge in [-0.15, -0.1) is 0 Å². The van der Waals surface area contributed by atoms with Crippen molar-refractivity contribution in [3.8, 4) is 6.07 Å². The Morgan fingerprint density at radius 3 is 2.55 bits per heavy atom. The van der Waals surface area contributed by atoms with E-state index in [-0.39, 0.29) is 42.1 Å². The molecule has 4 aliphatic heterocycles. The first-order chi connectivity index (χ1) is 24.5. The van der Waals surface area contributed by atoms with Gasteiger partial charge < -0.3 is 19.4 Å². The number of amides is 2. The van der Waals surface area contributed by atoms with Crippen molar-refractivity contribution < 1.29 is 18.7 Å². The third-order valence-corrected chi connectivity index (χ3v) is 13.3. The number of ether oxygens (including phenoxy) is 1. The summed E-state index contributed by atoms with van der Waals surface area (Å²) < 4.78 is 21.4. The van der Waals surface area contributed by atoms with E-state index in [1.165, 1.54) is 31.1 Å². The van der Waals surface area contributed by atoms with E-state index in [4.69, 9.17) is 4.74 Å². The average Bonchev–Trinajstić information content (AvgIpc) is 3.33. The maximum atomic E-state index is 14.5. The Hall–Kier alpha value is -2.88. The van der Waals surface area contributed by atoms with Crippen LogP contribution in [0, 0.1) is 29.0 Å². The quantitative estimate of drug-likeness (QED) is 0.263. The SMILES string of the molecule is C=CC(=O)N1CCN(C2(C3CCCCCC3)NC(OC[C@H]3CCCN3C)NC(C[C@]3(C)Cc4cc(F)ccc4C(=O)N3C)C2CC)C[C@H]1CC#N. The van der Waals surface area contributed by atoms with Crippen molar-refractivity contribution in [3.05, 3.63) is 47.8 Å². The van der Waals surface area contributed by atoms with E-state index in [0.717, 1.165) is 57.1 Å². The van der Waals surface area contributed by atoms with Gasteiger partial charge in [0.2, 0.25) is 5.91 Å². The van der Waals surface area contributed by atoms with Crippen LogP contribution in [0.4, 0.5) is 4.39 Å². The highest BCUT2D eigenvalue weighted by Gasteiger charge is 2.58. The summed E-state index contributed by atoms with van der Waals surface area (Å²) in [4.78, 5) is 35.5. The van der Waals surface area contributed by atoms with Crippen molar-refractivity contribution in [3.63, 3.8) is 0 Å². The van der Waals surface area contributed by atoms with Crippen molar-refractivity contribution >= 4 is 11.8 Å². The molecule has 0 aromatic heterocycles. The number of nitriles is 1. The molecule has 0 radical (unpaired) electrons. The molecule has 0 spiro atoms. The van der Waals surface area contributed by atoms with Crippen molar-refractivity contribution in [2.45, 2.75) is 127 Å². The minimum atomic E-state index is -0.565. The topological polar surface area (TPSA) is 104 Å². The molecule has 1 saturated carbocycles. The Morgan fingerprint density at radius 2 is 1.88 bits per heavy atom. The van der Waals surface area contributed by atoms with Crippen LogP contribution in [-0.2, 0) is 16.0 Å². The number of nitrogens with zero attached hydrogens (tertiary/aromatic N) is 5. The van der Waals surface area contributed by atoms with E-state index in [2.05, 4.69) is 54.0 Å². The second-order valence-electron chi connectivity index (χ2n) is 16.2. The molecule has 280 valence electrons. The standard InChI is InChI=1S/C40H60FN7O3/c1-6-34-35(25-39(3)24-28-23-30(41)16-17-33(28)37(50)46(39)5)43-38(51-27-32-15-12-20-45(32)4)44-40(34,29-13-10-8-9-11-14-29)47-21-22-48(36(49)7-2)31(26-47)18-19-42/h7,16-17,23,29,31-32,34-35,38,43-44H,2,6,8-15,18,20-22,24-27H2,1,3-5H3/t31-,32-,34?,35?,38?,39+,40?/m1/s1. The summed E-state index contributed by atoms with van der Waals surface area (Å²) in [6.45, 7) is 11.6. The van der Waals surface area contributed by atoms with E-state index in [0.29, 0.717) is 56.6 Å². The first-order valence-electron chi connectivity index (χ1n) is 19.5. The van der Waals surface area contributed by atoms with Gasteiger partial charge in [0.05, 0.1) is 30.8 Å². The van der Waals surface area contributed by atoms with Crippen LogP contribution in [0.3, 0.4) is 0 Å². The molecule has 10 nitrogen and oxygen atoms in total. The number of likely N-dealkylation sites (tertiary alicyclic amines) is 1. The maximum absolute atomic E-state index is 14.5. The third-order valence-electron chi connectivity index (χ3n) is 13.3. The zero-order chi connectivity index (χ0) is 36.3. The molecule has 6 rings (SSSR count). The molecule has 51 heavy (non-hydrogen) atoms. The summed E-state index contributed by atoms with van der Waals surface area (Å²) in [7, 11) is 4.06. The predicted octanol–water partition coefficient (Wildman–Crippen LogP) is 4.86.